The van der Waals surface area contributed by atoms with Crippen LogP contribution in [0, 0.1) is 25.5 Å². The van der Waals surface area contributed by atoms with Gasteiger partial charge in [0.05, 0.1) is 17.0 Å². The monoisotopic (exact) mass is 337 g/mol. The molecule has 23 heavy (non-hydrogen) atoms. The Morgan fingerprint density at radius 1 is 1.22 bits per heavy atom. The zero-order valence-electron chi connectivity index (χ0n) is 13.0. The number of nitrogens with zero attached hydrogens (tertiary/aromatic N) is 3. The van der Waals surface area contributed by atoms with Crippen LogP contribution in [-0.4, -0.2) is 45.2 Å². The first-order valence-corrected chi connectivity index (χ1v) is 8.53. The van der Waals surface area contributed by atoms with Gasteiger partial charge in [-0.1, -0.05) is 0 Å². The Bertz CT molecular complexity index is 754. The third-order valence-corrected chi connectivity index (χ3v) is 4.88. The standard InChI is InChI=1S/C16H17F2N3OS/c1-10-15(16(22)20-5-7-23-8-6-20)11(2)21(19-10)14-4-3-12(17)9-13(14)18/h3-4,9H,5-8H2,1-2H3. The molecule has 7 heteroatoms. The first-order chi connectivity index (χ1) is 11.0. The molecule has 0 saturated carbocycles. The van der Waals surface area contributed by atoms with Gasteiger partial charge in [-0.2, -0.15) is 16.9 Å². The maximum Gasteiger partial charge on any atom is 0.257 e. The molecule has 0 bridgehead atoms. The van der Waals surface area contributed by atoms with Crippen LogP contribution in [-0.2, 0) is 0 Å². The second-order valence-corrected chi connectivity index (χ2v) is 6.68. The van der Waals surface area contributed by atoms with Crippen molar-refractivity contribution >= 4 is 17.7 Å². The summed E-state index contributed by atoms with van der Waals surface area (Å²) < 4.78 is 28.5. The fraction of sp³-hybridized carbons (Fsp3) is 0.375. The van der Waals surface area contributed by atoms with Gasteiger partial charge in [0, 0.05) is 30.7 Å². The summed E-state index contributed by atoms with van der Waals surface area (Å²) in [6, 6.07) is 3.32. The molecule has 0 aliphatic carbocycles. The van der Waals surface area contributed by atoms with E-state index < -0.39 is 11.6 Å². The molecule has 1 aliphatic rings. The van der Waals surface area contributed by atoms with Crippen molar-refractivity contribution in [2.45, 2.75) is 13.8 Å². The predicted molar refractivity (Wildman–Crippen MR) is 86.2 cm³/mol. The third-order valence-electron chi connectivity index (χ3n) is 3.94. The first-order valence-electron chi connectivity index (χ1n) is 7.37. The largest absolute Gasteiger partial charge is 0.337 e. The van der Waals surface area contributed by atoms with E-state index in [1.807, 2.05) is 11.8 Å². The molecule has 0 unspecified atom stereocenters. The number of aryl methyl sites for hydroxylation is 1. The third kappa shape index (κ3) is 2.97. The van der Waals surface area contributed by atoms with E-state index in [-0.39, 0.29) is 11.6 Å². The highest BCUT2D eigenvalue weighted by molar-refractivity contribution is 7.99. The Kier molecular flexibility index (Phi) is 4.39. The SMILES string of the molecule is Cc1nn(-c2ccc(F)cc2F)c(C)c1C(=O)N1CCSCC1. The zero-order chi connectivity index (χ0) is 16.6. The van der Waals surface area contributed by atoms with Gasteiger partial charge in [-0.3, -0.25) is 4.79 Å². The van der Waals surface area contributed by atoms with Crippen LogP contribution in [0.5, 0.6) is 0 Å². The van der Waals surface area contributed by atoms with Crippen LogP contribution < -0.4 is 0 Å². The smallest absolute Gasteiger partial charge is 0.257 e. The Morgan fingerprint density at radius 3 is 2.57 bits per heavy atom. The molecule has 1 saturated heterocycles. The van der Waals surface area contributed by atoms with Crippen molar-refractivity contribution in [1.82, 2.24) is 14.7 Å². The highest BCUT2D eigenvalue weighted by atomic mass is 32.2. The van der Waals surface area contributed by atoms with Gasteiger partial charge in [0.2, 0.25) is 0 Å². The summed E-state index contributed by atoms with van der Waals surface area (Å²) in [5, 5.41) is 4.29. The van der Waals surface area contributed by atoms with Crippen molar-refractivity contribution in [2.24, 2.45) is 0 Å². The number of aromatic nitrogens is 2. The van der Waals surface area contributed by atoms with E-state index in [9.17, 15) is 13.6 Å². The van der Waals surface area contributed by atoms with Gasteiger partial charge in [0.1, 0.15) is 11.5 Å². The maximum atomic E-state index is 14.0. The molecule has 1 amide bonds. The lowest BCUT2D eigenvalue weighted by Crippen LogP contribution is -2.38. The summed E-state index contributed by atoms with van der Waals surface area (Å²) in [6.45, 7) is 4.88. The average molecular weight is 337 g/mol. The van der Waals surface area contributed by atoms with Gasteiger partial charge in [-0.25, -0.2) is 13.5 Å². The van der Waals surface area contributed by atoms with Crippen LogP contribution >= 0.6 is 11.8 Å². The Labute approximate surface area is 137 Å². The number of hydrogen-bond acceptors (Lipinski definition) is 3. The van der Waals surface area contributed by atoms with Gasteiger partial charge < -0.3 is 4.90 Å². The molecule has 1 aromatic heterocycles. The van der Waals surface area contributed by atoms with Crippen LogP contribution in [0.1, 0.15) is 21.7 Å². The van der Waals surface area contributed by atoms with E-state index >= 15 is 0 Å². The van der Waals surface area contributed by atoms with Gasteiger partial charge in [0.25, 0.3) is 5.91 Å². The van der Waals surface area contributed by atoms with E-state index in [2.05, 4.69) is 5.10 Å². The number of benzene rings is 1. The first kappa shape index (κ1) is 16.0. The number of thioether (sulfide) groups is 1. The second kappa shape index (κ2) is 6.31. The average Bonchev–Trinajstić information content (AvgIpc) is 2.82. The molecule has 1 fully saturated rings. The lowest BCUT2D eigenvalue weighted by molar-refractivity contribution is 0.0771. The van der Waals surface area contributed by atoms with Crippen LogP contribution in [0.3, 0.4) is 0 Å². The Hall–Kier alpha value is -1.89. The van der Waals surface area contributed by atoms with E-state index in [0.717, 1.165) is 17.6 Å². The van der Waals surface area contributed by atoms with Crippen molar-refractivity contribution in [3.63, 3.8) is 0 Å². The number of hydrogen-bond donors (Lipinski definition) is 0. The summed E-state index contributed by atoms with van der Waals surface area (Å²) in [7, 11) is 0. The lowest BCUT2D eigenvalue weighted by atomic mass is 10.1. The molecule has 1 aliphatic heterocycles. The highest BCUT2D eigenvalue weighted by Gasteiger charge is 2.26. The summed E-state index contributed by atoms with van der Waals surface area (Å²) >= 11 is 1.83. The molecule has 0 N–H and O–H groups in total. The number of rotatable bonds is 2. The number of halogens is 2. The Balaban J connectivity index is 2.00. The van der Waals surface area contributed by atoms with Crippen LogP contribution in [0.4, 0.5) is 8.78 Å². The molecule has 0 radical (unpaired) electrons. The van der Waals surface area contributed by atoms with Gasteiger partial charge >= 0.3 is 0 Å². The molecule has 3 rings (SSSR count). The van der Waals surface area contributed by atoms with Crippen molar-refractivity contribution in [2.75, 3.05) is 24.6 Å². The van der Waals surface area contributed by atoms with Crippen LogP contribution in [0.15, 0.2) is 18.2 Å². The van der Waals surface area contributed by atoms with E-state index in [4.69, 9.17) is 0 Å². The molecule has 2 aromatic rings. The fourth-order valence-electron chi connectivity index (χ4n) is 2.76. The topological polar surface area (TPSA) is 38.1 Å². The molecule has 2 heterocycles. The van der Waals surface area contributed by atoms with Crippen molar-refractivity contribution in [1.29, 1.82) is 0 Å². The van der Waals surface area contributed by atoms with E-state index in [1.165, 1.54) is 16.8 Å². The highest BCUT2D eigenvalue weighted by Crippen LogP contribution is 2.23. The predicted octanol–water partition coefficient (Wildman–Crippen LogP) is 2.96. The van der Waals surface area contributed by atoms with Gasteiger partial charge in [-0.05, 0) is 26.0 Å². The molecule has 1 aromatic carbocycles. The lowest BCUT2D eigenvalue weighted by Gasteiger charge is -2.26. The van der Waals surface area contributed by atoms with Crippen LogP contribution in [0.2, 0.25) is 0 Å². The Morgan fingerprint density at radius 2 is 1.91 bits per heavy atom. The minimum Gasteiger partial charge on any atom is -0.337 e. The fourth-order valence-corrected chi connectivity index (χ4v) is 3.67. The molecule has 0 atom stereocenters. The van der Waals surface area contributed by atoms with Crippen molar-refractivity contribution < 1.29 is 13.6 Å². The molecular formula is C16H17F2N3OS. The number of carbonyl (C=O) groups excluding carboxylic acids is 1. The molecular weight excluding hydrogens is 320 g/mol. The summed E-state index contributed by atoms with van der Waals surface area (Å²) in [4.78, 5) is 14.5. The second-order valence-electron chi connectivity index (χ2n) is 5.46. The minimum atomic E-state index is -0.705. The molecule has 4 nitrogen and oxygen atoms in total. The number of carbonyl (C=O) groups is 1. The number of amides is 1. The summed E-state index contributed by atoms with van der Waals surface area (Å²) in [6.07, 6.45) is 0. The quantitative estimate of drug-likeness (QED) is 0.846. The van der Waals surface area contributed by atoms with E-state index in [1.54, 1.807) is 18.7 Å². The van der Waals surface area contributed by atoms with Gasteiger partial charge in [0.15, 0.2) is 5.82 Å². The minimum absolute atomic E-state index is 0.0749. The summed E-state index contributed by atoms with van der Waals surface area (Å²) in [5.41, 5.74) is 1.76. The van der Waals surface area contributed by atoms with Gasteiger partial charge in [-0.15, -0.1) is 0 Å². The van der Waals surface area contributed by atoms with Crippen molar-refractivity contribution in [3.05, 3.63) is 46.8 Å². The molecule has 0 spiro atoms. The normalized spacial score (nSPS) is 15.0. The van der Waals surface area contributed by atoms with E-state index in [0.29, 0.717) is 30.0 Å². The maximum absolute atomic E-state index is 14.0. The summed E-state index contributed by atoms with van der Waals surface area (Å²) in [5.74, 6) is 0.419. The van der Waals surface area contributed by atoms with Crippen LogP contribution in [0.25, 0.3) is 5.69 Å². The zero-order valence-corrected chi connectivity index (χ0v) is 13.8. The van der Waals surface area contributed by atoms with Crippen molar-refractivity contribution in [3.8, 4) is 5.69 Å². The molecule has 122 valence electrons.